The molecule has 24 heavy (non-hydrogen) atoms. The van der Waals surface area contributed by atoms with Gasteiger partial charge in [0.2, 0.25) is 0 Å². The summed E-state index contributed by atoms with van der Waals surface area (Å²) in [5, 5.41) is 0. The Kier molecular flexibility index (Phi) is 4.96. The van der Waals surface area contributed by atoms with Gasteiger partial charge in [-0.25, -0.2) is 0 Å². The Hall–Kier alpha value is -3.01. The zero-order chi connectivity index (χ0) is 16.8. The fourth-order valence-corrected chi connectivity index (χ4v) is 2.53. The molecule has 0 fully saturated rings. The first-order valence-electron chi connectivity index (χ1n) is 7.77. The topological polar surface area (TPSA) is 52.1 Å². The van der Waals surface area contributed by atoms with Crippen LogP contribution in [0.25, 0.3) is 0 Å². The first-order chi connectivity index (χ1) is 11.8. The molecule has 0 bridgehead atoms. The average Bonchev–Trinajstić information content (AvgIpc) is 2.63. The molecule has 0 N–H and O–H groups in total. The lowest BCUT2D eigenvalue weighted by Gasteiger charge is -2.12. The van der Waals surface area contributed by atoms with Crippen LogP contribution in [0.3, 0.4) is 0 Å². The minimum atomic E-state index is -0.291. The largest absolute Gasteiger partial charge is 0.487 e. The monoisotopic (exact) mass is 318 g/mol. The predicted molar refractivity (Wildman–Crippen MR) is 91.9 cm³/mol. The summed E-state index contributed by atoms with van der Waals surface area (Å²) in [6.07, 6.45) is 4.33. The van der Waals surface area contributed by atoms with E-state index in [9.17, 15) is 4.79 Å². The average molecular weight is 318 g/mol. The second kappa shape index (κ2) is 7.51. The standard InChI is InChI=1S/C20H18N2O2/c1-15-3-2-4-18(22-15)14-24-19-7-5-16(6-8-19)20(13-23)17-9-11-21-12-10-17/h2-13,20H,14H2,1H3. The molecule has 0 amide bonds. The van der Waals surface area contributed by atoms with Crippen molar-refractivity contribution in [2.24, 2.45) is 0 Å². The molecule has 4 heteroatoms. The number of benzene rings is 1. The van der Waals surface area contributed by atoms with E-state index in [2.05, 4.69) is 9.97 Å². The van der Waals surface area contributed by atoms with Crippen molar-refractivity contribution in [3.8, 4) is 5.75 Å². The fraction of sp³-hybridized carbons (Fsp3) is 0.150. The summed E-state index contributed by atoms with van der Waals surface area (Å²) in [6.45, 7) is 2.37. The minimum absolute atomic E-state index is 0.291. The van der Waals surface area contributed by atoms with Gasteiger partial charge in [-0.05, 0) is 54.4 Å². The summed E-state index contributed by atoms with van der Waals surface area (Å²) in [4.78, 5) is 19.9. The highest BCUT2D eigenvalue weighted by molar-refractivity contribution is 5.68. The van der Waals surface area contributed by atoms with Crippen LogP contribution in [0.1, 0.15) is 28.4 Å². The lowest BCUT2D eigenvalue weighted by atomic mass is 9.93. The van der Waals surface area contributed by atoms with E-state index in [0.717, 1.165) is 34.6 Å². The number of hydrogen-bond donors (Lipinski definition) is 0. The van der Waals surface area contributed by atoms with Crippen LogP contribution in [0, 0.1) is 6.92 Å². The molecule has 3 rings (SSSR count). The van der Waals surface area contributed by atoms with E-state index in [1.54, 1.807) is 12.4 Å². The molecule has 1 aromatic carbocycles. The first-order valence-corrected chi connectivity index (χ1v) is 7.77. The van der Waals surface area contributed by atoms with Crippen LogP contribution >= 0.6 is 0 Å². The molecule has 3 aromatic rings. The highest BCUT2D eigenvalue weighted by atomic mass is 16.5. The molecule has 0 aliphatic carbocycles. The lowest BCUT2D eigenvalue weighted by Crippen LogP contribution is -2.03. The SMILES string of the molecule is Cc1cccc(COc2ccc(C(C=O)c3ccncc3)cc2)n1. The number of carbonyl (C=O) groups excluding carboxylic acids is 1. The van der Waals surface area contributed by atoms with Crippen molar-refractivity contribution < 1.29 is 9.53 Å². The summed E-state index contributed by atoms with van der Waals surface area (Å²) in [5.41, 5.74) is 3.72. The summed E-state index contributed by atoms with van der Waals surface area (Å²) in [7, 11) is 0. The van der Waals surface area contributed by atoms with Crippen molar-refractivity contribution in [3.05, 3.63) is 89.5 Å². The molecule has 0 spiro atoms. The molecule has 2 heterocycles. The number of aldehydes is 1. The van der Waals surface area contributed by atoms with E-state index in [4.69, 9.17) is 4.74 Å². The Morgan fingerprint density at radius 1 is 1.00 bits per heavy atom. The number of pyridine rings is 2. The molecule has 1 unspecified atom stereocenters. The third-order valence-corrected chi connectivity index (χ3v) is 3.77. The number of aryl methyl sites for hydroxylation is 1. The van der Waals surface area contributed by atoms with Gasteiger partial charge in [-0.1, -0.05) is 18.2 Å². The Labute approximate surface area is 141 Å². The normalized spacial score (nSPS) is 11.7. The zero-order valence-corrected chi connectivity index (χ0v) is 13.4. The first kappa shape index (κ1) is 15.9. The van der Waals surface area contributed by atoms with Crippen LogP contribution < -0.4 is 4.74 Å². The highest BCUT2D eigenvalue weighted by Crippen LogP contribution is 2.24. The van der Waals surface area contributed by atoms with E-state index >= 15 is 0 Å². The van der Waals surface area contributed by atoms with Crippen LogP contribution in [0.5, 0.6) is 5.75 Å². The summed E-state index contributed by atoms with van der Waals surface area (Å²) in [5.74, 6) is 0.460. The van der Waals surface area contributed by atoms with Crippen molar-refractivity contribution >= 4 is 6.29 Å². The van der Waals surface area contributed by atoms with Gasteiger partial charge in [-0.3, -0.25) is 9.97 Å². The maximum absolute atomic E-state index is 11.5. The number of aromatic nitrogens is 2. The molecule has 0 aliphatic heterocycles. The summed E-state index contributed by atoms with van der Waals surface area (Å²) in [6, 6.07) is 17.2. The molecule has 0 radical (unpaired) electrons. The van der Waals surface area contributed by atoms with Gasteiger partial charge in [0.05, 0.1) is 11.6 Å². The highest BCUT2D eigenvalue weighted by Gasteiger charge is 2.13. The number of ether oxygens (including phenoxy) is 1. The fourth-order valence-electron chi connectivity index (χ4n) is 2.53. The Bertz CT molecular complexity index is 801. The van der Waals surface area contributed by atoms with Gasteiger partial charge in [0.25, 0.3) is 0 Å². The van der Waals surface area contributed by atoms with Crippen LogP contribution in [0.4, 0.5) is 0 Å². The number of hydrogen-bond acceptors (Lipinski definition) is 4. The van der Waals surface area contributed by atoms with Gasteiger partial charge in [0.1, 0.15) is 18.6 Å². The lowest BCUT2D eigenvalue weighted by molar-refractivity contribution is -0.108. The van der Waals surface area contributed by atoms with E-state index in [1.807, 2.05) is 61.5 Å². The van der Waals surface area contributed by atoms with Crippen LogP contribution in [0.2, 0.25) is 0 Å². The number of nitrogens with zero attached hydrogens (tertiary/aromatic N) is 2. The smallest absolute Gasteiger partial charge is 0.131 e. The summed E-state index contributed by atoms with van der Waals surface area (Å²) < 4.78 is 5.76. The van der Waals surface area contributed by atoms with Crippen molar-refractivity contribution in [2.75, 3.05) is 0 Å². The predicted octanol–water partition coefficient (Wildman–Crippen LogP) is 3.69. The van der Waals surface area contributed by atoms with E-state index in [1.165, 1.54) is 0 Å². The van der Waals surface area contributed by atoms with E-state index in [0.29, 0.717) is 6.61 Å². The Morgan fingerprint density at radius 2 is 1.71 bits per heavy atom. The van der Waals surface area contributed by atoms with Gasteiger partial charge in [-0.2, -0.15) is 0 Å². The maximum atomic E-state index is 11.5. The second-order valence-electron chi connectivity index (χ2n) is 5.52. The van der Waals surface area contributed by atoms with Crippen LogP contribution in [-0.2, 0) is 11.4 Å². The van der Waals surface area contributed by atoms with Crippen LogP contribution in [0.15, 0.2) is 67.0 Å². The molecule has 2 aromatic heterocycles. The Balaban J connectivity index is 1.69. The Morgan fingerprint density at radius 3 is 2.38 bits per heavy atom. The number of carbonyl (C=O) groups is 1. The van der Waals surface area contributed by atoms with Gasteiger partial charge >= 0.3 is 0 Å². The third-order valence-electron chi connectivity index (χ3n) is 3.77. The van der Waals surface area contributed by atoms with Gasteiger partial charge < -0.3 is 9.53 Å². The van der Waals surface area contributed by atoms with Crippen molar-refractivity contribution in [1.82, 2.24) is 9.97 Å². The van der Waals surface area contributed by atoms with Gasteiger partial charge in [0.15, 0.2) is 0 Å². The minimum Gasteiger partial charge on any atom is -0.487 e. The van der Waals surface area contributed by atoms with E-state index < -0.39 is 0 Å². The molecule has 0 saturated carbocycles. The van der Waals surface area contributed by atoms with Crippen LogP contribution in [-0.4, -0.2) is 16.3 Å². The second-order valence-corrected chi connectivity index (χ2v) is 5.52. The van der Waals surface area contributed by atoms with Crippen molar-refractivity contribution in [1.29, 1.82) is 0 Å². The van der Waals surface area contributed by atoms with Gasteiger partial charge in [0, 0.05) is 18.1 Å². The van der Waals surface area contributed by atoms with Crippen molar-refractivity contribution in [2.45, 2.75) is 19.4 Å². The third kappa shape index (κ3) is 3.84. The quantitative estimate of drug-likeness (QED) is 0.650. The van der Waals surface area contributed by atoms with Crippen molar-refractivity contribution in [3.63, 3.8) is 0 Å². The summed E-state index contributed by atoms with van der Waals surface area (Å²) >= 11 is 0. The molecular formula is C20H18N2O2. The molecule has 0 saturated heterocycles. The zero-order valence-electron chi connectivity index (χ0n) is 13.4. The molecule has 120 valence electrons. The molecule has 0 aliphatic rings. The molecule has 1 atom stereocenters. The number of rotatable bonds is 6. The molecular weight excluding hydrogens is 300 g/mol. The van der Waals surface area contributed by atoms with Gasteiger partial charge in [-0.15, -0.1) is 0 Å². The maximum Gasteiger partial charge on any atom is 0.131 e. The van der Waals surface area contributed by atoms with E-state index in [-0.39, 0.29) is 5.92 Å². The molecule has 4 nitrogen and oxygen atoms in total.